The fourth-order valence-electron chi connectivity index (χ4n) is 3.05. The van der Waals surface area contributed by atoms with E-state index < -0.39 is 16.0 Å². The highest BCUT2D eigenvalue weighted by atomic mass is 32.2. The van der Waals surface area contributed by atoms with Crippen molar-refractivity contribution in [3.63, 3.8) is 0 Å². The Labute approximate surface area is 190 Å². The third kappa shape index (κ3) is 5.01. The molecule has 168 valence electrons. The number of aromatic nitrogens is 2. The van der Waals surface area contributed by atoms with E-state index in [9.17, 15) is 18.3 Å². The van der Waals surface area contributed by atoms with Crippen molar-refractivity contribution in [1.29, 1.82) is 0 Å². The average molecular weight is 463 g/mol. The van der Waals surface area contributed by atoms with E-state index in [0.717, 1.165) is 0 Å². The number of benzene rings is 3. The second-order valence-electron chi connectivity index (χ2n) is 6.91. The quantitative estimate of drug-likeness (QED) is 0.407. The van der Waals surface area contributed by atoms with Gasteiger partial charge in [0.2, 0.25) is 0 Å². The summed E-state index contributed by atoms with van der Waals surface area (Å²) in [5.74, 6) is -0.587. The fourth-order valence-corrected chi connectivity index (χ4v) is 4.06. The van der Waals surface area contributed by atoms with Gasteiger partial charge in [0, 0.05) is 5.69 Å². The van der Waals surface area contributed by atoms with E-state index in [-0.39, 0.29) is 22.1 Å². The molecule has 0 radical (unpaired) electrons. The zero-order chi connectivity index (χ0) is 23.4. The van der Waals surface area contributed by atoms with Crippen LogP contribution in [-0.2, 0) is 10.0 Å². The molecule has 0 spiro atoms. The third-order valence-electron chi connectivity index (χ3n) is 4.63. The number of fused-ring (bicyclic) bond motifs is 1. The number of rotatable bonds is 8. The van der Waals surface area contributed by atoms with E-state index in [1.807, 2.05) is 6.92 Å². The second kappa shape index (κ2) is 9.13. The summed E-state index contributed by atoms with van der Waals surface area (Å²) >= 11 is 0. The summed E-state index contributed by atoms with van der Waals surface area (Å²) in [5.41, 5.74) is 1.56. The maximum atomic E-state index is 13.0. The summed E-state index contributed by atoms with van der Waals surface area (Å²) in [7, 11) is -3.98. The van der Waals surface area contributed by atoms with Crippen molar-refractivity contribution in [2.45, 2.75) is 11.8 Å². The fraction of sp³-hybridized carbons (Fsp3) is 0.0870. The van der Waals surface area contributed by atoms with E-state index in [1.54, 1.807) is 36.4 Å². The number of carboxylic acid groups (broad SMARTS) is 1. The van der Waals surface area contributed by atoms with Crippen molar-refractivity contribution in [3.8, 4) is 5.75 Å². The van der Waals surface area contributed by atoms with Gasteiger partial charge in [-0.2, -0.15) is 0 Å². The molecule has 0 amide bonds. The van der Waals surface area contributed by atoms with Gasteiger partial charge in [-0.15, -0.1) is 0 Å². The van der Waals surface area contributed by atoms with E-state index >= 15 is 0 Å². The van der Waals surface area contributed by atoms with Crippen LogP contribution in [-0.4, -0.2) is 31.0 Å². The Morgan fingerprint density at radius 1 is 0.909 bits per heavy atom. The molecule has 0 bridgehead atoms. The maximum Gasteiger partial charge on any atom is 0.263 e. The Morgan fingerprint density at radius 3 is 2.09 bits per heavy atom. The Kier molecular flexibility index (Phi) is 6.09. The zero-order valence-corrected chi connectivity index (χ0v) is 18.3. The van der Waals surface area contributed by atoms with Gasteiger partial charge in [0.15, 0.2) is 11.6 Å². The molecule has 1 aromatic heterocycles. The number of hydrogen-bond donors (Lipinski definition) is 2. The molecule has 0 atom stereocenters. The van der Waals surface area contributed by atoms with Gasteiger partial charge >= 0.3 is 0 Å². The molecule has 4 aromatic rings. The lowest BCUT2D eigenvalue weighted by molar-refractivity contribution is -0.255. The smallest absolute Gasteiger partial charge is 0.263 e. The third-order valence-corrected chi connectivity index (χ3v) is 5.98. The maximum absolute atomic E-state index is 13.0. The molecule has 9 nitrogen and oxygen atoms in total. The van der Waals surface area contributed by atoms with Gasteiger partial charge in [-0.05, 0) is 61.0 Å². The molecule has 0 fully saturated rings. The lowest BCUT2D eigenvalue weighted by Crippen LogP contribution is -2.21. The van der Waals surface area contributed by atoms with Crippen LogP contribution in [0.25, 0.3) is 11.0 Å². The first-order valence-corrected chi connectivity index (χ1v) is 11.4. The molecule has 0 aliphatic carbocycles. The standard InChI is InChI=1S/C23H20N4O5S/c1-2-32-17-11-13-18(14-12-17)33(30,31)27-22-21(25-19-5-3-4-6-20(19)26-22)24-16-9-7-15(8-10-16)23(28)29/h3-14H,2H2,1H3,(H,24,25)(H,26,27)(H,28,29)/p-1. The minimum atomic E-state index is -3.98. The van der Waals surface area contributed by atoms with Crippen molar-refractivity contribution in [3.05, 3.63) is 78.4 Å². The largest absolute Gasteiger partial charge is 0.545 e. The minimum absolute atomic E-state index is 0.00781. The average Bonchev–Trinajstić information content (AvgIpc) is 2.80. The molecule has 4 rings (SSSR count). The zero-order valence-electron chi connectivity index (χ0n) is 17.5. The van der Waals surface area contributed by atoms with E-state index in [4.69, 9.17) is 4.74 Å². The molecule has 0 saturated heterocycles. The molecule has 1 heterocycles. The predicted octanol–water partition coefficient (Wildman–Crippen LogP) is 2.94. The summed E-state index contributed by atoms with van der Waals surface area (Å²) in [6.07, 6.45) is 0. The first-order chi connectivity index (χ1) is 15.9. The number of para-hydroxylation sites is 2. The SMILES string of the molecule is CCOc1ccc(S(=O)(=O)Nc2nc3ccccc3nc2Nc2ccc(C(=O)[O-])cc2)cc1. The van der Waals surface area contributed by atoms with Crippen LogP contribution in [0.2, 0.25) is 0 Å². The van der Waals surface area contributed by atoms with Gasteiger partial charge in [0.25, 0.3) is 10.0 Å². The van der Waals surface area contributed by atoms with Crippen LogP contribution >= 0.6 is 0 Å². The number of carboxylic acids is 1. The van der Waals surface area contributed by atoms with Crippen molar-refractivity contribution in [1.82, 2.24) is 9.97 Å². The van der Waals surface area contributed by atoms with Crippen LogP contribution in [0.15, 0.2) is 77.7 Å². The summed E-state index contributed by atoms with van der Waals surface area (Å²) in [6, 6.07) is 18.8. The summed E-state index contributed by atoms with van der Waals surface area (Å²) in [4.78, 5) is 19.9. The Bertz CT molecular complexity index is 1410. The minimum Gasteiger partial charge on any atom is -0.545 e. The van der Waals surface area contributed by atoms with Crippen molar-refractivity contribution >= 4 is 44.3 Å². The van der Waals surface area contributed by atoms with Crippen LogP contribution in [0.4, 0.5) is 17.3 Å². The van der Waals surface area contributed by atoms with Crippen LogP contribution in [0.3, 0.4) is 0 Å². The highest BCUT2D eigenvalue weighted by Gasteiger charge is 2.19. The van der Waals surface area contributed by atoms with Crippen LogP contribution in [0.1, 0.15) is 17.3 Å². The van der Waals surface area contributed by atoms with Gasteiger partial charge in [-0.1, -0.05) is 24.3 Å². The van der Waals surface area contributed by atoms with E-state index in [0.29, 0.717) is 29.1 Å². The number of anilines is 3. The van der Waals surface area contributed by atoms with Gasteiger partial charge in [0.05, 0.1) is 28.5 Å². The highest BCUT2D eigenvalue weighted by molar-refractivity contribution is 7.92. The van der Waals surface area contributed by atoms with Gasteiger partial charge in [-0.3, -0.25) is 4.72 Å². The number of nitrogens with zero attached hydrogens (tertiary/aromatic N) is 2. The number of nitrogens with one attached hydrogen (secondary N) is 2. The molecule has 0 aliphatic heterocycles. The van der Waals surface area contributed by atoms with Crippen LogP contribution in [0, 0.1) is 0 Å². The van der Waals surface area contributed by atoms with E-state index in [2.05, 4.69) is 20.0 Å². The van der Waals surface area contributed by atoms with Crippen molar-refractivity contribution < 1.29 is 23.1 Å². The highest BCUT2D eigenvalue weighted by Crippen LogP contribution is 2.27. The summed E-state index contributed by atoms with van der Waals surface area (Å²) in [5, 5.41) is 14.0. The van der Waals surface area contributed by atoms with Crippen molar-refractivity contribution in [2.75, 3.05) is 16.6 Å². The predicted molar refractivity (Wildman–Crippen MR) is 122 cm³/mol. The van der Waals surface area contributed by atoms with Crippen molar-refractivity contribution in [2.24, 2.45) is 0 Å². The number of hydrogen-bond acceptors (Lipinski definition) is 8. The molecule has 0 saturated carbocycles. The first-order valence-electron chi connectivity index (χ1n) is 9.96. The normalized spacial score (nSPS) is 11.2. The molecular formula is C23H19N4O5S-. The molecule has 3 aromatic carbocycles. The molecular weight excluding hydrogens is 444 g/mol. The lowest BCUT2D eigenvalue weighted by atomic mass is 10.2. The molecule has 0 unspecified atom stereocenters. The molecule has 33 heavy (non-hydrogen) atoms. The number of carbonyl (C=O) groups is 1. The summed E-state index contributed by atoms with van der Waals surface area (Å²) < 4.78 is 33.9. The van der Waals surface area contributed by atoms with Gasteiger partial charge < -0.3 is 20.0 Å². The molecule has 10 heteroatoms. The topological polar surface area (TPSA) is 133 Å². The van der Waals surface area contributed by atoms with Crippen LogP contribution in [0.5, 0.6) is 5.75 Å². The van der Waals surface area contributed by atoms with Gasteiger partial charge in [0.1, 0.15) is 5.75 Å². The number of ether oxygens (including phenoxy) is 1. The summed E-state index contributed by atoms with van der Waals surface area (Å²) in [6.45, 7) is 2.31. The first kappa shape index (κ1) is 22.0. The molecule has 0 aliphatic rings. The number of carbonyl (C=O) groups excluding carboxylic acids is 1. The monoisotopic (exact) mass is 463 g/mol. The van der Waals surface area contributed by atoms with Crippen LogP contribution < -0.4 is 19.9 Å². The number of sulfonamides is 1. The van der Waals surface area contributed by atoms with Gasteiger partial charge in [-0.25, -0.2) is 18.4 Å². The Morgan fingerprint density at radius 2 is 1.52 bits per heavy atom. The Balaban J connectivity index is 1.70. The van der Waals surface area contributed by atoms with E-state index in [1.165, 1.54) is 36.4 Å². The number of aromatic carboxylic acids is 1. The lowest BCUT2D eigenvalue weighted by Gasteiger charge is -2.14. The Hall–Kier alpha value is -4.18. The second-order valence-corrected chi connectivity index (χ2v) is 8.59. The molecule has 2 N–H and O–H groups in total.